The Morgan fingerprint density at radius 2 is 2.29 bits per heavy atom. The molecule has 6 nitrogen and oxygen atoms in total. The van der Waals surface area contributed by atoms with Gasteiger partial charge < -0.3 is 10.4 Å². The fraction of sp³-hybridized carbons (Fsp3) is 0.500. The molecule has 0 aliphatic carbocycles. The van der Waals surface area contributed by atoms with Gasteiger partial charge in [-0.05, 0) is 19.6 Å². The molecule has 1 atom stereocenters. The Bertz CT molecular complexity index is 669. The number of aromatic carboxylic acids is 1. The van der Waals surface area contributed by atoms with Crippen molar-refractivity contribution >= 4 is 34.5 Å². The SMILES string of the molecule is CCSCC(C)Nc1c(C(=O)O)cnc2c1c(C)nn2C. The Morgan fingerprint density at radius 1 is 1.57 bits per heavy atom. The van der Waals surface area contributed by atoms with Gasteiger partial charge in [0, 0.05) is 25.0 Å². The maximum atomic E-state index is 11.5. The summed E-state index contributed by atoms with van der Waals surface area (Å²) in [4.78, 5) is 15.7. The molecule has 21 heavy (non-hydrogen) atoms. The average Bonchev–Trinajstić information content (AvgIpc) is 2.72. The number of carboxylic acid groups (broad SMARTS) is 1. The molecule has 0 saturated heterocycles. The van der Waals surface area contributed by atoms with Crippen LogP contribution in [0.2, 0.25) is 0 Å². The van der Waals surface area contributed by atoms with Crippen molar-refractivity contribution in [2.45, 2.75) is 26.8 Å². The Hall–Kier alpha value is -1.76. The summed E-state index contributed by atoms with van der Waals surface area (Å²) >= 11 is 1.82. The first-order valence-corrected chi connectivity index (χ1v) is 8.01. The van der Waals surface area contributed by atoms with Crippen LogP contribution in [0.5, 0.6) is 0 Å². The van der Waals surface area contributed by atoms with E-state index in [0.717, 1.165) is 22.6 Å². The minimum atomic E-state index is -0.981. The van der Waals surface area contributed by atoms with E-state index in [1.54, 1.807) is 4.68 Å². The summed E-state index contributed by atoms with van der Waals surface area (Å²) in [5, 5.41) is 17.8. The number of anilines is 1. The van der Waals surface area contributed by atoms with Gasteiger partial charge in [-0.25, -0.2) is 9.78 Å². The predicted molar refractivity (Wildman–Crippen MR) is 86.3 cm³/mol. The van der Waals surface area contributed by atoms with Gasteiger partial charge >= 0.3 is 5.97 Å². The van der Waals surface area contributed by atoms with Crippen LogP contribution in [0.15, 0.2) is 6.20 Å². The van der Waals surface area contributed by atoms with E-state index in [9.17, 15) is 9.90 Å². The van der Waals surface area contributed by atoms with Crippen LogP contribution >= 0.6 is 11.8 Å². The summed E-state index contributed by atoms with van der Waals surface area (Å²) in [6.07, 6.45) is 1.40. The first-order valence-electron chi connectivity index (χ1n) is 6.85. The van der Waals surface area contributed by atoms with E-state index in [1.807, 2.05) is 32.7 Å². The van der Waals surface area contributed by atoms with Crippen LogP contribution in [0.25, 0.3) is 11.0 Å². The lowest BCUT2D eigenvalue weighted by molar-refractivity contribution is 0.0697. The van der Waals surface area contributed by atoms with E-state index in [2.05, 4.69) is 22.3 Å². The second kappa shape index (κ2) is 6.34. The molecule has 0 bridgehead atoms. The molecule has 0 fully saturated rings. The van der Waals surface area contributed by atoms with Gasteiger partial charge in [-0.3, -0.25) is 4.68 Å². The van der Waals surface area contributed by atoms with Gasteiger partial charge in [0.1, 0.15) is 5.56 Å². The Morgan fingerprint density at radius 3 is 2.90 bits per heavy atom. The third-order valence-corrected chi connectivity index (χ3v) is 4.36. The molecule has 0 saturated carbocycles. The molecular weight excluding hydrogens is 288 g/mol. The van der Waals surface area contributed by atoms with E-state index in [1.165, 1.54) is 6.20 Å². The second-order valence-corrected chi connectivity index (χ2v) is 6.28. The number of nitrogens with one attached hydrogen (secondary N) is 1. The topological polar surface area (TPSA) is 80.0 Å². The van der Waals surface area contributed by atoms with E-state index in [-0.39, 0.29) is 11.6 Å². The van der Waals surface area contributed by atoms with Crippen molar-refractivity contribution in [3.05, 3.63) is 17.5 Å². The van der Waals surface area contributed by atoms with Crippen molar-refractivity contribution < 1.29 is 9.90 Å². The quantitative estimate of drug-likeness (QED) is 0.853. The minimum absolute atomic E-state index is 0.165. The number of pyridine rings is 1. The number of carboxylic acids is 1. The van der Waals surface area contributed by atoms with Crippen LogP contribution in [0.1, 0.15) is 29.9 Å². The Balaban J connectivity index is 2.51. The fourth-order valence-corrected chi connectivity index (χ4v) is 2.98. The number of nitrogens with zero attached hydrogens (tertiary/aromatic N) is 3. The van der Waals surface area contributed by atoms with Gasteiger partial charge in [-0.1, -0.05) is 6.92 Å². The second-order valence-electron chi connectivity index (χ2n) is 4.96. The molecular formula is C14H20N4O2S. The van der Waals surface area contributed by atoms with Gasteiger partial charge in [-0.2, -0.15) is 16.9 Å². The van der Waals surface area contributed by atoms with Crippen LogP contribution in [-0.4, -0.2) is 43.4 Å². The molecule has 2 heterocycles. The molecule has 0 aromatic carbocycles. The number of fused-ring (bicyclic) bond motifs is 1. The summed E-state index contributed by atoms with van der Waals surface area (Å²) in [5.41, 5.74) is 2.27. The molecule has 2 aromatic heterocycles. The van der Waals surface area contributed by atoms with Crippen molar-refractivity contribution in [3.63, 3.8) is 0 Å². The Labute approximate surface area is 127 Å². The van der Waals surface area contributed by atoms with Crippen molar-refractivity contribution in [2.75, 3.05) is 16.8 Å². The maximum absolute atomic E-state index is 11.5. The molecule has 2 N–H and O–H groups in total. The minimum Gasteiger partial charge on any atom is -0.478 e. The molecule has 1 unspecified atom stereocenters. The molecule has 114 valence electrons. The number of carbonyl (C=O) groups is 1. The van der Waals surface area contributed by atoms with Crippen LogP contribution in [0, 0.1) is 6.92 Å². The first kappa shape index (κ1) is 15.6. The number of hydrogen-bond acceptors (Lipinski definition) is 5. The summed E-state index contributed by atoms with van der Waals surface area (Å²) in [7, 11) is 1.81. The molecule has 0 amide bonds. The van der Waals surface area contributed by atoms with Gasteiger partial charge in [0.15, 0.2) is 5.65 Å². The zero-order valence-electron chi connectivity index (χ0n) is 12.7. The van der Waals surface area contributed by atoms with Crippen LogP contribution in [-0.2, 0) is 7.05 Å². The smallest absolute Gasteiger partial charge is 0.339 e. The van der Waals surface area contributed by atoms with E-state index >= 15 is 0 Å². The molecule has 0 aliphatic rings. The third-order valence-electron chi connectivity index (χ3n) is 3.22. The number of rotatable bonds is 6. The van der Waals surface area contributed by atoms with Gasteiger partial charge in [0.2, 0.25) is 0 Å². The highest BCUT2D eigenvalue weighted by Gasteiger charge is 2.20. The molecule has 2 aromatic rings. The average molecular weight is 308 g/mol. The summed E-state index contributed by atoms with van der Waals surface area (Å²) in [6.45, 7) is 6.02. The van der Waals surface area contributed by atoms with Gasteiger partial charge in [0.05, 0.1) is 16.8 Å². The lowest BCUT2D eigenvalue weighted by atomic mass is 10.1. The summed E-state index contributed by atoms with van der Waals surface area (Å²) < 4.78 is 1.67. The van der Waals surface area contributed by atoms with E-state index < -0.39 is 5.97 Å². The highest BCUT2D eigenvalue weighted by molar-refractivity contribution is 7.99. The Kier molecular flexibility index (Phi) is 4.72. The lowest BCUT2D eigenvalue weighted by Crippen LogP contribution is -2.20. The summed E-state index contributed by atoms with van der Waals surface area (Å²) in [6, 6.07) is 0.165. The highest BCUT2D eigenvalue weighted by atomic mass is 32.2. The number of hydrogen-bond donors (Lipinski definition) is 2. The normalized spacial score (nSPS) is 12.6. The van der Waals surface area contributed by atoms with Crippen molar-refractivity contribution in [1.29, 1.82) is 0 Å². The standard InChI is InChI=1S/C14H20N4O2S/c1-5-21-7-8(2)16-12-10(14(19)20)6-15-13-11(12)9(3)17-18(13)4/h6,8H,5,7H2,1-4H3,(H,15,16)(H,19,20). The van der Waals surface area contributed by atoms with Crippen molar-refractivity contribution in [2.24, 2.45) is 7.05 Å². The number of aromatic nitrogens is 3. The molecule has 2 rings (SSSR count). The zero-order valence-corrected chi connectivity index (χ0v) is 13.5. The van der Waals surface area contributed by atoms with Crippen LogP contribution in [0.4, 0.5) is 5.69 Å². The zero-order chi connectivity index (χ0) is 15.6. The molecule has 0 radical (unpaired) electrons. The molecule has 0 spiro atoms. The largest absolute Gasteiger partial charge is 0.478 e. The van der Waals surface area contributed by atoms with Crippen molar-refractivity contribution in [3.8, 4) is 0 Å². The number of thioether (sulfide) groups is 1. The van der Waals surface area contributed by atoms with Crippen LogP contribution < -0.4 is 5.32 Å². The summed E-state index contributed by atoms with van der Waals surface area (Å²) in [5.74, 6) is 0.972. The highest BCUT2D eigenvalue weighted by Crippen LogP contribution is 2.29. The van der Waals surface area contributed by atoms with E-state index in [0.29, 0.717) is 11.3 Å². The van der Waals surface area contributed by atoms with Gasteiger partial charge in [0.25, 0.3) is 0 Å². The monoisotopic (exact) mass is 308 g/mol. The van der Waals surface area contributed by atoms with Crippen molar-refractivity contribution in [1.82, 2.24) is 14.8 Å². The lowest BCUT2D eigenvalue weighted by Gasteiger charge is -2.17. The van der Waals surface area contributed by atoms with Crippen LogP contribution in [0.3, 0.4) is 0 Å². The number of aryl methyl sites for hydroxylation is 2. The predicted octanol–water partition coefficient (Wildman–Crippen LogP) is 2.53. The fourth-order valence-electron chi connectivity index (χ4n) is 2.31. The van der Waals surface area contributed by atoms with Gasteiger partial charge in [-0.15, -0.1) is 0 Å². The third kappa shape index (κ3) is 3.12. The first-order chi connectivity index (χ1) is 9.95. The van der Waals surface area contributed by atoms with E-state index in [4.69, 9.17) is 0 Å². The molecule has 0 aliphatic heterocycles. The molecule has 7 heteroatoms. The maximum Gasteiger partial charge on any atom is 0.339 e.